The number of aromatic nitrogens is 2. The first-order chi connectivity index (χ1) is 14.1. The highest BCUT2D eigenvalue weighted by Gasteiger charge is 2.36. The maximum atomic E-state index is 12.6. The minimum Gasteiger partial charge on any atom is -0.495 e. The fourth-order valence-corrected chi connectivity index (χ4v) is 3.45. The molecule has 2 heterocycles. The molecule has 29 heavy (non-hydrogen) atoms. The van der Waals surface area contributed by atoms with Crippen molar-refractivity contribution in [3.05, 3.63) is 48.4 Å². The topological polar surface area (TPSA) is 86.9 Å². The number of carbonyl (C=O) groups excluding carboxylic acids is 1. The maximum Gasteiger partial charge on any atom is 0.232 e. The number of hydrogen-bond donors (Lipinski definition) is 0. The van der Waals surface area contributed by atoms with Gasteiger partial charge in [-0.15, -0.1) is 0 Å². The number of para-hydroxylation sites is 2. The highest BCUT2D eigenvalue weighted by molar-refractivity contribution is 5.97. The molecular weight excluding hydrogens is 374 g/mol. The van der Waals surface area contributed by atoms with Crippen molar-refractivity contribution in [3.8, 4) is 28.6 Å². The van der Waals surface area contributed by atoms with Crippen LogP contribution in [0.4, 0.5) is 5.69 Å². The van der Waals surface area contributed by atoms with Gasteiger partial charge in [-0.05, 0) is 30.3 Å². The first kappa shape index (κ1) is 18.8. The molecule has 0 saturated carbocycles. The van der Waals surface area contributed by atoms with Gasteiger partial charge in [0.05, 0.1) is 32.9 Å². The summed E-state index contributed by atoms with van der Waals surface area (Å²) in [6.07, 6.45) is 0.297. The Balaban J connectivity index is 1.57. The van der Waals surface area contributed by atoms with Crippen LogP contribution in [-0.2, 0) is 4.79 Å². The fourth-order valence-electron chi connectivity index (χ4n) is 3.45. The number of nitrogens with zero attached hydrogens (tertiary/aromatic N) is 3. The van der Waals surface area contributed by atoms with Crippen LogP contribution in [0.2, 0.25) is 0 Å². The van der Waals surface area contributed by atoms with Crippen LogP contribution < -0.4 is 19.1 Å². The van der Waals surface area contributed by atoms with Crippen molar-refractivity contribution in [2.75, 3.05) is 32.8 Å². The quantitative estimate of drug-likeness (QED) is 0.633. The Morgan fingerprint density at radius 3 is 2.52 bits per heavy atom. The molecule has 1 unspecified atom stereocenters. The zero-order valence-corrected chi connectivity index (χ0v) is 16.4. The summed E-state index contributed by atoms with van der Waals surface area (Å²) in [5.74, 6) is 2.52. The molecule has 0 N–H and O–H groups in total. The van der Waals surface area contributed by atoms with Crippen LogP contribution in [0.1, 0.15) is 18.2 Å². The van der Waals surface area contributed by atoms with E-state index in [4.69, 9.17) is 18.7 Å². The third-order valence-corrected chi connectivity index (χ3v) is 4.93. The molecule has 4 rings (SSSR count). The molecule has 1 aliphatic heterocycles. The predicted octanol–water partition coefficient (Wildman–Crippen LogP) is 3.28. The summed E-state index contributed by atoms with van der Waals surface area (Å²) in [4.78, 5) is 18.8. The van der Waals surface area contributed by atoms with E-state index in [1.807, 2.05) is 30.3 Å². The highest BCUT2D eigenvalue weighted by atomic mass is 16.5. The molecule has 3 aromatic rings. The molecular formula is C21H21N3O5. The van der Waals surface area contributed by atoms with E-state index >= 15 is 0 Å². The Kier molecular flexibility index (Phi) is 5.07. The summed E-state index contributed by atoms with van der Waals surface area (Å²) < 4.78 is 21.4. The average molecular weight is 395 g/mol. The average Bonchev–Trinajstić information content (AvgIpc) is 3.40. The number of rotatable bonds is 6. The lowest BCUT2D eigenvalue weighted by atomic mass is 10.1. The largest absolute Gasteiger partial charge is 0.495 e. The van der Waals surface area contributed by atoms with Crippen LogP contribution in [0.5, 0.6) is 17.2 Å². The first-order valence-electron chi connectivity index (χ1n) is 9.14. The zero-order chi connectivity index (χ0) is 20.4. The van der Waals surface area contributed by atoms with E-state index in [1.165, 1.54) is 0 Å². The third-order valence-electron chi connectivity index (χ3n) is 4.93. The van der Waals surface area contributed by atoms with E-state index in [0.29, 0.717) is 41.9 Å². The van der Waals surface area contributed by atoms with Crippen LogP contribution in [0, 0.1) is 0 Å². The van der Waals surface area contributed by atoms with Crippen molar-refractivity contribution < 1.29 is 23.5 Å². The summed E-state index contributed by atoms with van der Waals surface area (Å²) >= 11 is 0. The SMILES string of the molecule is COc1ccc(-c2noc(C3CC(=O)N(c4ccccc4OC)C3)n2)cc1OC. The molecule has 0 aliphatic carbocycles. The number of carbonyl (C=O) groups is 1. The molecule has 1 aliphatic rings. The van der Waals surface area contributed by atoms with Gasteiger partial charge in [-0.1, -0.05) is 17.3 Å². The molecule has 0 radical (unpaired) electrons. The van der Waals surface area contributed by atoms with Crippen molar-refractivity contribution >= 4 is 11.6 Å². The van der Waals surface area contributed by atoms with Crippen molar-refractivity contribution in [1.29, 1.82) is 0 Å². The maximum absolute atomic E-state index is 12.6. The number of anilines is 1. The Labute approximate surface area is 168 Å². The smallest absolute Gasteiger partial charge is 0.232 e. The van der Waals surface area contributed by atoms with Crippen LogP contribution in [0.15, 0.2) is 47.0 Å². The summed E-state index contributed by atoms with van der Waals surface area (Å²) in [5, 5.41) is 4.08. The minimum absolute atomic E-state index is 0.00892. The second-order valence-corrected chi connectivity index (χ2v) is 6.60. The zero-order valence-electron chi connectivity index (χ0n) is 16.4. The van der Waals surface area contributed by atoms with E-state index in [2.05, 4.69) is 10.1 Å². The van der Waals surface area contributed by atoms with Crippen molar-refractivity contribution in [2.45, 2.75) is 12.3 Å². The van der Waals surface area contributed by atoms with Crippen molar-refractivity contribution in [2.24, 2.45) is 0 Å². The molecule has 0 spiro atoms. The Morgan fingerprint density at radius 1 is 1.00 bits per heavy atom. The Bertz CT molecular complexity index is 1030. The van der Waals surface area contributed by atoms with Gasteiger partial charge in [-0.3, -0.25) is 4.79 Å². The van der Waals surface area contributed by atoms with Gasteiger partial charge in [0.15, 0.2) is 11.5 Å². The molecule has 2 aromatic carbocycles. The molecule has 1 aromatic heterocycles. The van der Waals surface area contributed by atoms with Gasteiger partial charge in [0.1, 0.15) is 5.75 Å². The molecule has 1 saturated heterocycles. The van der Waals surface area contributed by atoms with Crippen LogP contribution in [0.25, 0.3) is 11.4 Å². The highest BCUT2D eigenvalue weighted by Crippen LogP contribution is 2.37. The lowest BCUT2D eigenvalue weighted by molar-refractivity contribution is -0.117. The van der Waals surface area contributed by atoms with E-state index in [0.717, 1.165) is 11.3 Å². The summed E-state index contributed by atoms with van der Waals surface area (Å²) in [7, 11) is 4.73. The monoisotopic (exact) mass is 395 g/mol. The van der Waals surface area contributed by atoms with Gasteiger partial charge in [0.25, 0.3) is 0 Å². The molecule has 0 bridgehead atoms. The first-order valence-corrected chi connectivity index (χ1v) is 9.14. The van der Waals surface area contributed by atoms with Crippen LogP contribution >= 0.6 is 0 Å². The number of amides is 1. The fraction of sp³-hybridized carbons (Fsp3) is 0.286. The molecule has 150 valence electrons. The van der Waals surface area contributed by atoms with Gasteiger partial charge in [0.2, 0.25) is 17.6 Å². The predicted molar refractivity (Wildman–Crippen MR) is 106 cm³/mol. The van der Waals surface area contributed by atoms with E-state index in [-0.39, 0.29) is 11.8 Å². The standard InChI is InChI=1S/C21H21N3O5/c1-26-16-7-5-4-6-15(16)24-12-14(11-19(24)25)21-22-20(23-29-21)13-8-9-17(27-2)18(10-13)28-3/h4-10,14H,11-12H2,1-3H3. The minimum atomic E-state index is -0.186. The van der Waals surface area contributed by atoms with Gasteiger partial charge < -0.3 is 23.6 Å². The van der Waals surface area contributed by atoms with Crippen molar-refractivity contribution in [3.63, 3.8) is 0 Å². The number of benzene rings is 2. The molecule has 8 heteroatoms. The normalized spacial score (nSPS) is 16.2. The summed E-state index contributed by atoms with van der Waals surface area (Å²) in [6, 6.07) is 12.8. The molecule has 1 amide bonds. The van der Waals surface area contributed by atoms with Gasteiger partial charge >= 0.3 is 0 Å². The van der Waals surface area contributed by atoms with Crippen LogP contribution in [-0.4, -0.2) is 43.9 Å². The molecule has 1 fully saturated rings. The third kappa shape index (κ3) is 3.49. The summed E-state index contributed by atoms with van der Waals surface area (Å²) in [5.41, 5.74) is 1.48. The second-order valence-electron chi connectivity index (χ2n) is 6.60. The van der Waals surface area contributed by atoms with E-state index < -0.39 is 0 Å². The van der Waals surface area contributed by atoms with Crippen molar-refractivity contribution in [1.82, 2.24) is 10.1 Å². The van der Waals surface area contributed by atoms with Crippen LogP contribution in [0.3, 0.4) is 0 Å². The Morgan fingerprint density at radius 2 is 1.76 bits per heavy atom. The van der Waals surface area contributed by atoms with E-state index in [9.17, 15) is 4.79 Å². The lowest BCUT2D eigenvalue weighted by Crippen LogP contribution is -2.24. The number of hydrogen-bond acceptors (Lipinski definition) is 7. The van der Waals surface area contributed by atoms with E-state index in [1.54, 1.807) is 38.4 Å². The molecule has 8 nitrogen and oxygen atoms in total. The Hall–Kier alpha value is -3.55. The van der Waals surface area contributed by atoms with Gasteiger partial charge in [0, 0.05) is 18.5 Å². The van der Waals surface area contributed by atoms with Gasteiger partial charge in [-0.2, -0.15) is 4.98 Å². The number of ether oxygens (including phenoxy) is 3. The molecule has 1 atom stereocenters. The summed E-state index contributed by atoms with van der Waals surface area (Å²) in [6.45, 7) is 0.451. The van der Waals surface area contributed by atoms with Gasteiger partial charge in [-0.25, -0.2) is 0 Å². The second kappa shape index (κ2) is 7.83. The number of methoxy groups -OCH3 is 3. The lowest BCUT2D eigenvalue weighted by Gasteiger charge is -2.18.